The Morgan fingerprint density at radius 2 is 1.84 bits per heavy atom. The molecule has 0 aliphatic carbocycles. The number of amides is 1. The second kappa shape index (κ2) is 8.95. The first-order chi connectivity index (χ1) is 15.0. The second-order valence-corrected chi connectivity index (χ2v) is 9.10. The van der Waals surface area contributed by atoms with Crippen LogP contribution in [0.5, 0.6) is 5.75 Å². The molecule has 31 heavy (non-hydrogen) atoms. The van der Waals surface area contributed by atoms with E-state index >= 15 is 0 Å². The van der Waals surface area contributed by atoms with Gasteiger partial charge in [-0.2, -0.15) is 4.31 Å². The van der Waals surface area contributed by atoms with E-state index in [1.165, 1.54) is 16.6 Å². The molecule has 3 aromatic rings. The molecule has 4 rings (SSSR count). The van der Waals surface area contributed by atoms with Gasteiger partial charge in [0, 0.05) is 24.3 Å². The van der Waals surface area contributed by atoms with Crippen molar-refractivity contribution in [2.75, 3.05) is 25.0 Å². The lowest BCUT2D eigenvalue weighted by atomic mass is 10.1. The van der Waals surface area contributed by atoms with Gasteiger partial charge in [-0.3, -0.25) is 4.79 Å². The second-order valence-electron chi connectivity index (χ2n) is 7.19. The molecule has 1 N–H and O–H groups in total. The highest BCUT2D eigenvalue weighted by Gasteiger charge is 2.30. The molecular formula is C23H24N2O5S. The number of hydrogen-bond donors (Lipinski definition) is 1. The summed E-state index contributed by atoms with van der Waals surface area (Å²) in [6.45, 7) is 3.10. The lowest BCUT2D eigenvalue weighted by Crippen LogP contribution is -2.28. The fourth-order valence-electron chi connectivity index (χ4n) is 3.65. The van der Waals surface area contributed by atoms with Crippen LogP contribution in [0.2, 0.25) is 0 Å². The molecule has 0 atom stereocenters. The van der Waals surface area contributed by atoms with Gasteiger partial charge in [0.15, 0.2) is 5.76 Å². The lowest BCUT2D eigenvalue weighted by Gasteiger charge is -2.19. The standard InChI is InChI=1S/C23H24N2O5S/c1-2-29-20-11-10-18(16-21(20)31(27,28)25-13-6-7-14-25)24-23(26)22-19(12-15-30-22)17-8-4-3-5-9-17/h3-5,8-12,15-16H,2,6-7,13-14H2,1H3,(H,24,26). The van der Waals surface area contributed by atoms with Crippen molar-refractivity contribution in [3.8, 4) is 16.9 Å². The average molecular weight is 441 g/mol. The van der Waals surface area contributed by atoms with E-state index in [0.717, 1.165) is 18.4 Å². The monoisotopic (exact) mass is 440 g/mol. The maximum absolute atomic E-state index is 13.2. The first-order valence-electron chi connectivity index (χ1n) is 10.2. The third-order valence-corrected chi connectivity index (χ3v) is 7.06. The minimum absolute atomic E-state index is 0.0526. The smallest absolute Gasteiger partial charge is 0.292 e. The number of anilines is 1. The Labute approximate surface area is 181 Å². The molecule has 1 amide bonds. The quantitative estimate of drug-likeness (QED) is 0.589. The van der Waals surface area contributed by atoms with Crippen molar-refractivity contribution in [3.63, 3.8) is 0 Å². The van der Waals surface area contributed by atoms with Crippen LogP contribution in [0, 0.1) is 0 Å². The van der Waals surface area contributed by atoms with E-state index in [2.05, 4.69) is 5.32 Å². The third kappa shape index (κ3) is 4.35. The predicted octanol–water partition coefficient (Wildman–Crippen LogP) is 4.38. The number of nitrogens with one attached hydrogen (secondary N) is 1. The van der Waals surface area contributed by atoms with Crippen LogP contribution in [0.4, 0.5) is 5.69 Å². The van der Waals surface area contributed by atoms with E-state index < -0.39 is 15.9 Å². The summed E-state index contributed by atoms with van der Waals surface area (Å²) < 4.78 is 38.7. The molecule has 0 saturated carbocycles. The van der Waals surface area contributed by atoms with Gasteiger partial charge in [-0.15, -0.1) is 0 Å². The van der Waals surface area contributed by atoms with Crippen molar-refractivity contribution in [3.05, 3.63) is 66.6 Å². The average Bonchev–Trinajstić information content (AvgIpc) is 3.48. The Morgan fingerprint density at radius 1 is 1.10 bits per heavy atom. The largest absolute Gasteiger partial charge is 0.492 e. The molecule has 0 unspecified atom stereocenters. The maximum atomic E-state index is 13.2. The van der Waals surface area contributed by atoms with Gasteiger partial charge in [0.1, 0.15) is 10.6 Å². The normalized spacial score (nSPS) is 14.5. The van der Waals surface area contributed by atoms with Gasteiger partial charge in [-0.25, -0.2) is 8.42 Å². The molecule has 162 valence electrons. The molecule has 1 aliphatic rings. The summed E-state index contributed by atoms with van der Waals surface area (Å²) in [7, 11) is -3.72. The Bertz CT molecular complexity index is 1170. The van der Waals surface area contributed by atoms with Crippen LogP contribution in [-0.2, 0) is 10.0 Å². The zero-order chi connectivity index (χ0) is 21.8. The first kappa shape index (κ1) is 21.1. The molecular weight excluding hydrogens is 416 g/mol. The fraction of sp³-hybridized carbons (Fsp3) is 0.261. The number of ether oxygens (including phenoxy) is 1. The van der Waals surface area contributed by atoms with E-state index in [9.17, 15) is 13.2 Å². The Kier molecular flexibility index (Phi) is 6.11. The van der Waals surface area contributed by atoms with E-state index in [-0.39, 0.29) is 16.4 Å². The number of carbonyl (C=O) groups excluding carboxylic acids is 1. The summed E-state index contributed by atoms with van der Waals surface area (Å²) in [6, 6.07) is 15.8. The number of nitrogens with zero attached hydrogens (tertiary/aromatic N) is 1. The molecule has 1 aromatic heterocycles. The van der Waals surface area contributed by atoms with Gasteiger partial charge in [0.2, 0.25) is 10.0 Å². The third-order valence-electron chi connectivity index (χ3n) is 5.14. The molecule has 0 radical (unpaired) electrons. The summed E-state index contributed by atoms with van der Waals surface area (Å²) in [5, 5.41) is 2.76. The zero-order valence-corrected chi connectivity index (χ0v) is 18.0. The predicted molar refractivity (Wildman–Crippen MR) is 118 cm³/mol. The van der Waals surface area contributed by atoms with Crippen molar-refractivity contribution in [1.29, 1.82) is 0 Å². The highest BCUT2D eigenvalue weighted by Crippen LogP contribution is 2.32. The van der Waals surface area contributed by atoms with Crippen LogP contribution >= 0.6 is 0 Å². The SMILES string of the molecule is CCOc1ccc(NC(=O)c2occc2-c2ccccc2)cc1S(=O)(=O)N1CCCC1. The van der Waals surface area contributed by atoms with Crippen LogP contribution in [0.15, 0.2) is 70.2 Å². The molecule has 7 nitrogen and oxygen atoms in total. The number of rotatable bonds is 7. The van der Waals surface area contributed by atoms with Crippen LogP contribution in [0.3, 0.4) is 0 Å². The maximum Gasteiger partial charge on any atom is 0.292 e. The fourth-order valence-corrected chi connectivity index (χ4v) is 5.32. The molecule has 8 heteroatoms. The number of sulfonamides is 1. The van der Waals surface area contributed by atoms with Gasteiger partial charge in [-0.1, -0.05) is 30.3 Å². The van der Waals surface area contributed by atoms with E-state index in [1.54, 1.807) is 25.1 Å². The lowest BCUT2D eigenvalue weighted by molar-refractivity contribution is 0.0997. The zero-order valence-electron chi connectivity index (χ0n) is 17.2. The number of carbonyl (C=O) groups is 1. The topological polar surface area (TPSA) is 88.8 Å². The van der Waals surface area contributed by atoms with Crippen molar-refractivity contribution in [2.24, 2.45) is 0 Å². The molecule has 2 aromatic carbocycles. The summed E-state index contributed by atoms with van der Waals surface area (Å²) in [5.74, 6) is -0.0306. The molecule has 1 aliphatic heterocycles. The number of benzene rings is 2. The van der Waals surface area contributed by atoms with Crippen molar-refractivity contribution in [2.45, 2.75) is 24.7 Å². The van der Waals surface area contributed by atoms with E-state index in [4.69, 9.17) is 9.15 Å². The Morgan fingerprint density at radius 3 is 2.55 bits per heavy atom. The molecule has 0 spiro atoms. The van der Waals surface area contributed by atoms with Crippen LogP contribution in [0.25, 0.3) is 11.1 Å². The number of furan rings is 1. The molecule has 0 bridgehead atoms. The highest BCUT2D eigenvalue weighted by molar-refractivity contribution is 7.89. The highest BCUT2D eigenvalue weighted by atomic mass is 32.2. The minimum Gasteiger partial charge on any atom is -0.492 e. The summed E-state index contributed by atoms with van der Waals surface area (Å²) >= 11 is 0. The summed E-state index contributed by atoms with van der Waals surface area (Å²) in [4.78, 5) is 13.0. The van der Waals surface area contributed by atoms with Crippen LogP contribution in [0.1, 0.15) is 30.3 Å². The number of hydrogen-bond acceptors (Lipinski definition) is 5. The molecule has 1 fully saturated rings. The Balaban J connectivity index is 1.64. The summed E-state index contributed by atoms with van der Waals surface area (Å²) in [6.07, 6.45) is 3.12. The van der Waals surface area contributed by atoms with Gasteiger partial charge in [0.25, 0.3) is 5.91 Å². The van der Waals surface area contributed by atoms with Crippen molar-refractivity contribution in [1.82, 2.24) is 4.31 Å². The molecule has 1 saturated heterocycles. The van der Waals surface area contributed by atoms with E-state index in [1.807, 2.05) is 30.3 Å². The van der Waals surface area contributed by atoms with Crippen molar-refractivity contribution < 1.29 is 22.4 Å². The first-order valence-corrected chi connectivity index (χ1v) is 11.7. The van der Waals surface area contributed by atoms with Gasteiger partial charge in [0.05, 0.1) is 12.9 Å². The van der Waals surface area contributed by atoms with Crippen molar-refractivity contribution >= 4 is 21.6 Å². The van der Waals surface area contributed by atoms with Crippen LogP contribution in [-0.4, -0.2) is 38.3 Å². The van der Waals surface area contributed by atoms with Gasteiger partial charge >= 0.3 is 0 Å². The van der Waals surface area contributed by atoms with Gasteiger partial charge in [-0.05, 0) is 49.6 Å². The van der Waals surface area contributed by atoms with Gasteiger partial charge < -0.3 is 14.5 Å². The minimum atomic E-state index is -3.72. The van der Waals surface area contributed by atoms with Crippen LogP contribution < -0.4 is 10.1 Å². The molecule has 2 heterocycles. The van der Waals surface area contributed by atoms with E-state index in [0.29, 0.717) is 30.9 Å². The summed E-state index contributed by atoms with van der Waals surface area (Å²) in [5.41, 5.74) is 1.86. The Hall–Kier alpha value is -3.10.